The molecule has 1 unspecified atom stereocenters. The van der Waals surface area contributed by atoms with Crippen molar-refractivity contribution in [3.05, 3.63) is 35.9 Å². The fraction of sp³-hybridized carbons (Fsp3) is 0.591. The van der Waals surface area contributed by atoms with Gasteiger partial charge in [0.2, 0.25) is 0 Å². The van der Waals surface area contributed by atoms with Crippen LogP contribution in [0.15, 0.2) is 30.3 Å². The lowest BCUT2D eigenvalue weighted by atomic mass is 9.98. The molecule has 1 aromatic rings. The SMILES string of the molecule is CC(C)(C)OC(=O)NC(CC(=O)OC1CCCCC1)C(=O)OCc1ccccc1. The van der Waals surface area contributed by atoms with Gasteiger partial charge >= 0.3 is 18.0 Å². The number of esters is 2. The Morgan fingerprint density at radius 1 is 1.07 bits per heavy atom. The average Bonchev–Trinajstić information content (AvgIpc) is 2.65. The highest BCUT2D eigenvalue weighted by molar-refractivity contribution is 5.86. The van der Waals surface area contributed by atoms with E-state index in [1.807, 2.05) is 30.3 Å². The molecule has 7 nitrogen and oxygen atoms in total. The second-order valence-corrected chi connectivity index (χ2v) is 8.25. The molecule has 0 radical (unpaired) electrons. The Labute approximate surface area is 172 Å². The molecule has 0 aromatic heterocycles. The van der Waals surface area contributed by atoms with Gasteiger partial charge in [0.05, 0.1) is 6.42 Å². The van der Waals surface area contributed by atoms with Crippen LogP contribution >= 0.6 is 0 Å². The van der Waals surface area contributed by atoms with Crippen molar-refractivity contribution in [2.45, 2.75) is 83.6 Å². The van der Waals surface area contributed by atoms with Gasteiger partial charge < -0.3 is 19.5 Å². The monoisotopic (exact) mass is 405 g/mol. The Bertz CT molecular complexity index is 676. The van der Waals surface area contributed by atoms with E-state index in [9.17, 15) is 14.4 Å². The third-order valence-corrected chi connectivity index (χ3v) is 4.42. The highest BCUT2D eigenvalue weighted by Gasteiger charge is 2.29. The lowest BCUT2D eigenvalue weighted by Crippen LogP contribution is -2.45. The second-order valence-electron chi connectivity index (χ2n) is 8.25. The molecular formula is C22H31NO6. The number of ether oxygens (including phenoxy) is 3. The Hall–Kier alpha value is -2.57. The Morgan fingerprint density at radius 3 is 2.34 bits per heavy atom. The zero-order chi connectivity index (χ0) is 21.3. The summed E-state index contributed by atoms with van der Waals surface area (Å²) in [5, 5.41) is 2.44. The van der Waals surface area contributed by atoms with Crippen molar-refractivity contribution in [2.24, 2.45) is 0 Å². The normalized spacial score (nSPS) is 15.8. The predicted molar refractivity (Wildman–Crippen MR) is 107 cm³/mol. The molecule has 0 bridgehead atoms. The molecule has 0 spiro atoms. The number of amides is 1. The molecule has 160 valence electrons. The van der Waals surface area contributed by atoms with Crippen molar-refractivity contribution in [1.82, 2.24) is 5.32 Å². The number of benzene rings is 1. The van der Waals surface area contributed by atoms with E-state index in [1.54, 1.807) is 20.8 Å². The van der Waals surface area contributed by atoms with Crippen LogP contribution in [0.1, 0.15) is 64.9 Å². The molecule has 0 saturated heterocycles. The number of rotatable bonds is 7. The maximum absolute atomic E-state index is 12.5. The van der Waals surface area contributed by atoms with Crippen LogP contribution in [-0.2, 0) is 30.4 Å². The van der Waals surface area contributed by atoms with Gasteiger partial charge in [0.15, 0.2) is 0 Å². The van der Waals surface area contributed by atoms with E-state index in [0.717, 1.165) is 37.7 Å². The summed E-state index contributed by atoms with van der Waals surface area (Å²) in [6, 6.07) is 7.99. The van der Waals surface area contributed by atoms with Gasteiger partial charge in [-0.25, -0.2) is 9.59 Å². The molecule has 1 saturated carbocycles. The number of carbonyl (C=O) groups excluding carboxylic acids is 3. The summed E-state index contributed by atoms with van der Waals surface area (Å²) in [6.07, 6.45) is 3.63. The van der Waals surface area contributed by atoms with E-state index in [0.29, 0.717) is 0 Å². The maximum Gasteiger partial charge on any atom is 0.408 e. The van der Waals surface area contributed by atoms with Crippen molar-refractivity contribution >= 4 is 18.0 Å². The number of carbonyl (C=O) groups is 3. The van der Waals surface area contributed by atoms with Crippen LogP contribution in [0.3, 0.4) is 0 Å². The molecule has 0 heterocycles. The van der Waals surface area contributed by atoms with Gasteiger partial charge in [-0.05, 0) is 52.0 Å². The van der Waals surface area contributed by atoms with Gasteiger partial charge in [0, 0.05) is 0 Å². The van der Waals surface area contributed by atoms with Crippen LogP contribution in [0.5, 0.6) is 0 Å². The molecule has 1 aliphatic rings. The van der Waals surface area contributed by atoms with Gasteiger partial charge in [-0.2, -0.15) is 0 Å². The summed E-state index contributed by atoms with van der Waals surface area (Å²) < 4.78 is 16.0. The summed E-state index contributed by atoms with van der Waals surface area (Å²) >= 11 is 0. The minimum Gasteiger partial charge on any atom is -0.462 e. The van der Waals surface area contributed by atoms with Crippen LogP contribution < -0.4 is 5.32 Å². The number of alkyl carbamates (subject to hydrolysis) is 1. The molecule has 0 aliphatic heterocycles. The average molecular weight is 405 g/mol. The minimum absolute atomic E-state index is 0.0455. The Kier molecular flexibility index (Phi) is 8.49. The molecule has 29 heavy (non-hydrogen) atoms. The van der Waals surface area contributed by atoms with Gasteiger partial charge in [0.25, 0.3) is 0 Å². The van der Waals surface area contributed by atoms with Crippen LogP contribution in [0.2, 0.25) is 0 Å². The van der Waals surface area contributed by atoms with Gasteiger partial charge in [-0.3, -0.25) is 4.79 Å². The smallest absolute Gasteiger partial charge is 0.408 e. The highest BCUT2D eigenvalue weighted by atomic mass is 16.6. The van der Waals surface area contributed by atoms with Crippen LogP contribution in [-0.4, -0.2) is 35.8 Å². The highest BCUT2D eigenvalue weighted by Crippen LogP contribution is 2.21. The Balaban J connectivity index is 1.96. The third kappa shape index (κ3) is 8.98. The van der Waals surface area contributed by atoms with Gasteiger partial charge in [0.1, 0.15) is 24.4 Å². The van der Waals surface area contributed by atoms with Gasteiger partial charge in [-0.15, -0.1) is 0 Å². The lowest BCUT2D eigenvalue weighted by Gasteiger charge is -2.24. The van der Waals surface area contributed by atoms with E-state index in [1.165, 1.54) is 0 Å². The van der Waals surface area contributed by atoms with E-state index in [4.69, 9.17) is 14.2 Å². The molecule has 1 fully saturated rings. The van der Waals surface area contributed by atoms with Crippen molar-refractivity contribution in [3.8, 4) is 0 Å². The lowest BCUT2D eigenvalue weighted by molar-refractivity contribution is -0.157. The van der Waals surface area contributed by atoms with Crippen molar-refractivity contribution in [1.29, 1.82) is 0 Å². The fourth-order valence-corrected chi connectivity index (χ4v) is 3.06. The number of hydrogen-bond donors (Lipinski definition) is 1. The predicted octanol–water partition coefficient (Wildman–Crippen LogP) is 3.89. The first-order chi connectivity index (χ1) is 13.7. The number of nitrogens with one attached hydrogen (secondary N) is 1. The first kappa shape index (κ1) is 22.7. The van der Waals surface area contributed by atoms with Crippen molar-refractivity contribution in [2.75, 3.05) is 0 Å². The fourth-order valence-electron chi connectivity index (χ4n) is 3.06. The number of hydrogen-bond acceptors (Lipinski definition) is 6. The molecule has 1 aromatic carbocycles. The van der Waals surface area contributed by atoms with Crippen molar-refractivity contribution in [3.63, 3.8) is 0 Å². The molecule has 7 heteroatoms. The second kappa shape index (κ2) is 10.8. The summed E-state index contributed by atoms with van der Waals surface area (Å²) in [5.74, 6) is -1.24. The zero-order valence-electron chi connectivity index (χ0n) is 17.4. The summed E-state index contributed by atoms with van der Waals surface area (Å²) in [4.78, 5) is 37.0. The quantitative estimate of drug-likeness (QED) is 0.547. The molecule has 2 rings (SSSR count). The van der Waals surface area contributed by atoms with Crippen LogP contribution in [0.25, 0.3) is 0 Å². The summed E-state index contributed by atoms with van der Waals surface area (Å²) in [6.45, 7) is 5.19. The van der Waals surface area contributed by atoms with Crippen molar-refractivity contribution < 1.29 is 28.6 Å². The maximum atomic E-state index is 12.5. The first-order valence-electron chi connectivity index (χ1n) is 10.1. The summed E-state index contributed by atoms with van der Waals surface area (Å²) in [7, 11) is 0. The van der Waals surface area contributed by atoms with Gasteiger partial charge in [-0.1, -0.05) is 36.8 Å². The minimum atomic E-state index is -1.18. The van der Waals surface area contributed by atoms with E-state index in [2.05, 4.69) is 5.32 Å². The van der Waals surface area contributed by atoms with E-state index in [-0.39, 0.29) is 19.1 Å². The molecular weight excluding hydrogens is 374 g/mol. The standard InChI is InChI=1S/C22H31NO6/c1-22(2,3)29-21(26)23-18(14-19(24)28-17-12-8-5-9-13-17)20(25)27-15-16-10-6-4-7-11-16/h4,6-7,10-11,17-18H,5,8-9,12-15H2,1-3H3,(H,23,26). The third-order valence-electron chi connectivity index (χ3n) is 4.42. The molecule has 1 aliphatic carbocycles. The Morgan fingerprint density at radius 2 is 1.72 bits per heavy atom. The molecule has 1 amide bonds. The van der Waals surface area contributed by atoms with E-state index >= 15 is 0 Å². The molecule has 1 atom stereocenters. The largest absolute Gasteiger partial charge is 0.462 e. The van der Waals surface area contributed by atoms with Crippen LogP contribution in [0.4, 0.5) is 4.79 Å². The zero-order valence-corrected chi connectivity index (χ0v) is 17.4. The first-order valence-corrected chi connectivity index (χ1v) is 10.1. The van der Waals surface area contributed by atoms with E-state index < -0.39 is 29.7 Å². The summed E-state index contributed by atoms with van der Waals surface area (Å²) in [5.41, 5.74) is 0.0761. The van der Waals surface area contributed by atoms with Crippen LogP contribution in [0, 0.1) is 0 Å². The topological polar surface area (TPSA) is 90.9 Å². The molecule has 1 N–H and O–H groups in total.